The maximum Gasteiger partial charge on any atom is 0.116 e. The highest BCUT2D eigenvalue weighted by Gasteiger charge is 2.22. The van der Waals surface area contributed by atoms with Gasteiger partial charge in [0.25, 0.3) is 0 Å². The second-order valence-corrected chi connectivity index (χ2v) is 6.49. The van der Waals surface area contributed by atoms with E-state index in [-0.39, 0.29) is 12.1 Å². The second-order valence-electron chi connectivity index (χ2n) is 5.37. The lowest BCUT2D eigenvalue weighted by molar-refractivity contribution is 0.154. The number of nitrogens with zero attached hydrogens (tertiary/aromatic N) is 2. The predicted octanol–water partition coefficient (Wildman–Crippen LogP) is 2.49. The molecular formula is C14H25N3OS. The highest BCUT2D eigenvalue weighted by atomic mass is 32.2. The Balaban J connectivity index is 2.19. The minimum atomic E-state index is -0.159. The van der Waals surface area contributed by atoms with Crippen LogP contribution in [0.1, 0.15) is 40.0 Å². The molecule has 1 heterocycles. The van der Waals surface area contributed by atoms with E-state index in [2.05, 4.69) is 36.1 Å². The molecule has 0 bridgehead atoms. The van der Waals surface area contributed by atoms with Gasteiger partial charge in [0.1, 0.15) is 6.33 Å². The predicted molar refractivity (Wildman–Crippen MR) is 80.4 cm³/mol. The normalized spacial score (nSPS) is 14.6. The van der Waals surface area contributed by atoms with E-state index in [0.717, 1.165) is 30.0 Å². The van der Waals surface area contributed by atoms with Gasteiger partial charge in [0.05, 0.1) is 11.6 Å². The smallest absolute Gasteiger partial charge is 0.116 e. The van der Waals surface area contributed by atoms with Crippen molar-refractivity contribution < 1.29 is 5.11 Å². The first-order valence-corrected chi connectivity index (χ1v) is 7.82. The Morgan fingerprint density at radius 2 is 2.21 bits per heavy atom. The van der Waals surface area contributed by atoms with E-state index >= 15 is 0 Å². The van der Waals surface area contributed by atoms with Gasteiger partial charge >= 0.3 is 0 Å². The molecule has 0 aliphatic rings. The van der Waals surface area contributed by atoms with E-state index in [1.54, 1.807) is 24.3 Å². The second kappa shape index (κ2) is 8.51. The van der Waals surface area contributed by atoms with Gasteiger partial charge < -0.3 is 10.4 Å². The van der Waals surface area contributed by atoms with Crippen molar-refractivity contribution in [1.29, 1.82) is 0 Å². The fourth-order valence-corrected chi connectivity index (χ4v) is 2.89. The van der Waals surface area contributed by atoms with Crippen molar-refractivity contribution >= 4 is 11.8 Å². The Bertz CT molecular complexity index is 348. The molecule has 4 nitrogen and oxygen atoms in total. The van der Waals surface area contributed by atoms with Crippen LogP contribution in [0, 0.1) is 0 Å². The lowest BCUT2D eigenvalue weighted by Crippen LogP contribution is -2.49. The van der Waals surface area contributed by atoms with Crippen molar-refractivity contribution in [1.82, 2.24) is 15.3 Å². The van der Waals surface area contributed by atoms with Crippen LogP contribution in [-0.4, -0.2) is 39.0 Å². The summed E-state index contributed by atoms with van der Waals surface area (Å²) in [5, 5.41) is 13.9. The first-order valence-electron chi connectivity index (χ1n) is 6.83. The van der Waals surface area contributed by atoms with Gasteiger partial charge in [0.2, 0.25) is 0 Å². The Kier molecular flexibility index (Phi) is 7.34. The molecule has 1 aromatic heterocycles. The van der Waals surface area contributed by atoms with Crippen LogP contribution in [0.25, 0.3) is 0 Å². The summed E-state index contributed by atoms with van der Waals surface area (Å²) in [5.74, 6) is 1.06. The maximum atomic E-state index is 9.48. The summed E-state index contributed by atoms with van der Waals surface area (Å²) in [6, 6.07) is 2.33. The first-order chi connectivity index (χ1) is 9.06. The zero-order chi connectivity index (χ0) is 14.1. The Labute approximate surface area is 120 Å². The molecule has 1 unspecified atom stereocenters. The third-order valence-electron chi connectivity index (χ3n) is 2.91. The number of hydrogen-bond donors (Lipinski definition) is 2. The molecule has 0 saturated heterocycles. The van der Waals surface area contributed by atoms with Crippen LogP contribution in [0.2, 0.25) is 0 Å². The summed E-state index contributed by atoms with van der Waals surface area (Å²) < 4.78 is 0. The largest absolute Gasteiger partial charge is 0.394 e. The minimum absolute atomic E-state index is 0.159. The van der Waals surface area contributed by atoms with Crippen LogP contribution in [0.5, 0.6) is 0 Å². The summed E-state index contributed by atoms with van der Waals surface area (Å²) >= 11 is 1.76. The molecule has 1 rings (SSSR count). The van der Waals surface area contributed by atoms with E-state index in [0.29, 0.717) is 6.04 Å². The van der Waals surface area contributed by atoms with Crippen LogP contribution in [0.3, 0.4) is 0 Å². The summed E-state index contributed by atoms with van der Waals surface area (Å²) in [6.45, 7) is 6.49. The third kappa shape index (κ3) is 6.89. The van der Waals surface area contributed by atoms with E-state index in [4.69, 9.17) is 0 Å². The molecule has 5 heteroatoms. The molecule has 1 aromatic rings. The van der Waals surface area contributed by atoms with Crippen molar-refractivity contribution in [2.75, 3.05) is 12.4 Å². The molecule has 1 atom stereocenters. The van der Waals surface area contributed by atoms with E-state index in [1.807, 2.05) is 6.07 Å². The molecule has 0 aliphatic carbocycles. The van der Waals surface area contributed by atoms with Gasteiger partial charge in [-0.1, -0.05) is 20.3 Å². The quantitative estimate of drug-likeness (QED) is 0.414. The van der Waals surface area contributed by atoms with Crippen LogP contribution >= 0.6 is 11.8 Å². The van der Waals surface area contributed by atoms with Crippen LogP contribution < -0.4 is 5.32 Å². The summed E-state index contributed by atoms with van der Waals surface area (Å²) in [7, 11) is 0. The van der Waals surface area contributed by atoms with Crippen LogP contribution in [-0.2, 0) is 0 Å². The maximum absolute atomic E-state index is 9.48. The molecule has 2 N–H and O–H groups in total. The number of aliphatic hydroxyl groups excluding tert-OH is 1. The summed E-state index contributed by atoms with van der Waals surface area (Å²) in [4.78, 5) is 8.08. The van der Waals surface area contributed by atoms with Crippen molar-refractivity contribution in [3.05, 3.63) is 18.6 Å². The number of aliphatic hydroxyl groups is 1. The van der Waals surface area contributed by atoms with E-state index in [1.165, 1.54) is 0 Å². The lowest BCUT2D eigenvalue weighted by Gasteiger charge is -2.31. The third-order valence-corrected chi connectivity index (χ3v) is 3.94. The first kappa shape index (κ1) is 16.4. The van der Waals surface area contributed by atoms with Gasteiger partial charge in [0, 0.05) is 17.8 Å². The average Bonchev–Trinajstić information content (AvgIpc) is 2.39. The van der Waals surface area contributed by atoms with Crippen LogP contribution in [0.4, 0.5) is 0 Å². The SMILES string of the molecule is CC(C)NC(C)(CO)CCCCSc1ccncn1. The van der Waals surface area contributed by atoms with Crippen molar-refractivity contribution in [2.45, 2.75) is 56.6 Å². The van der Waals surface area contributed by atoms with Gasteiger partial charge in [-0.25, -0.2) is 9.97 Å². The number of rotatable bonds is 9. The molecule has 0 aliphatic heterocycles. The van der Waals surface area contributed by atoms with Gasteiger partial charge in [-0.2, -0.15) is 0 Å². The minimum Gasteiger partial charge on any atom is -0.394 e. The monoisotopic (exact) mass is 283 g/mol. The Hall–Kier alpha value is -0.650. The average molecular weight is 283 g/mol. The summed E-state index contributed by atoms with van der Waals surface area (Å²) in [5.41, 5.74) is -0.159. The highest BCUT2D eigenvalue weighted by molar-refractivity contribution is 7.99. The molecule has 19 heavy (non-hydrogen) atoms. The van der Waals surface area contributed by atoms with Gasteiger partial charge in [-0.3, -0.25) is 0 Å². The van der Waals surface area contributed by atoms with E-state index < -0.39 is 0 Å². The van der Waals surface area contributed by atoms with Gasteiger partial charge in [-0.15, -0.1) is 11.8 Å². The van der Waals surface area contributed by atoms with Gasteiger partial charge in [-0.05, 0) is 31.6 Å². The zero-order valence-corrected chi connectivity index (χ0v) is 12.9. The van der Waals surface area contributed by atoms with Crippen molar-refractivity contribution in [3.63, 3.8) is 0 Å². The number of hydrogen-bond acceptors (Lipinski definition) is 5. The Morgan fingerprint density at radius 1 is 1.42 bits per heavy atom. The topological polar surface area (TPSA) is 58.0 Å². The molecule has 0 amide bonds. The molecule has 0 fully saturated rings. The summed E-state index contributed by atoms with van der Waals surface area (Å²) in [6.07, 6.45) is 6.58. The highest BCUT2D eigenvalue weighted by Crippen LogP contribution is 2.19. The molecule has 0 saturated carbocycles. The van der Waals surface area contributed by atoms with Gasteiger partial charge in [0.15, 0.2) is 0 Å². The number of nitrogens with one attached hydrogen (secondary N) is 1. The number of thioether (sulfide) groups is 1. The van der Waals surface area contributed by atoms with Crippen molar-refractivity contribution in [2.24, 2.45) is 0 Å². The molecule has 108 valence electrons. The number of aromatic nitrogens is 2. The Morgan fingerprint density at radius 3 is 2.79 bits per heavy atom. The lowest BCUT2D eigenvalue weighted by atomic mass is 9.95. The van der Waals surface area contributed by atoms with E-state index in [9.17, 15) is 5.11 Å². The van der Waals surface area contributed by atoms with Crippen LogP contribution in [0.15, 0.2) is 23.6 Å². The number of unbranched alkanes of at least 4 members (excludes halogenated alkanes) is 1. The van der Waals surface area contributed by atoms with Crippen molar-refractivity contribution in [3.8, 4) is 0 Å². The molecule has 0 aromatic carbocycles. The fraction of sp³-hybridized carbons (Fsp3) is 0.714. The zero-order valence-electron chi connectivity index (χ0n) is 12.1. The molecule has 0 spiro atoms. The fourth-order valence-electron chi connectivity index (χ4n) is 2.05. The molecule has 0 radical (unpaired) electrons. The standard InChI is InChI=1S/C14H25N3OS/c1-12(2)17-14(3,10-18)7-4-5-9-19-13-6-8-15-11-16-13/h6,8,11-12,17-18H,4-5,7,9-10H2,1-3H3. The molecular weight excluding hydrogens is 258 g/mol.